The third kappa shape index (κ3) is 1.93. The van der Waals surface area contributed by atoms with Gasteiger partial charge in [-0.2, -0.15) is 0 Å². The second-order valence-corrected chi connectivity index (χ2v) is 6.50. The zero-order chi connectivity index (χ0) is 12.8. The van der Waals surface area contributed by atoms with Crippen LogP contribution in [0.1, 0.15) is 16.1 Å². The number of carbonyl (C=O) groups is 1. The number of hydrogen-bond donors (Lipinski definition) is 1. The minimum Gasteiger partial charge on any atom is -0.347 e. The van der Waals surface area contributed by atoms with Gasteiger partial charge in [0.1, 0.15) is 0 Å². The first-order valence-electron chi connectivity index (χ1n) is 6.66. The van der Waals surface area contributed by atoms with Gasteiger partial charge in [-0.3, -0.25) is 9.78 Å². The molecule has 3 unspecified atom stereocenters. The van der Waals surface area contributed by atoms with E-state index < -0.39 is 0 Å². The van der Waals surface area contributed by atoms with Crippen LogP contribution in [-0.2, 0) is 0 Å². The minimum atomic E-state index is 0.0694. The molecule has 0 saturated carbocycles. The first kappa shape index (κ1) is 11.4. The lowest BCUT2D eigenvalue weighted by Gasteiger charge is -2.22. The highest BCUT2D eigenvalue weighted by molar-refractivity contribution is 7.20. The van der Waals surface area contributed by atoms with Crippen molar-refractivity contribution < 1.29 is 4.79 Å². The number of carbonyl (C=O) groups excluding carboxylic acids is 1. The van der Waals surface area contributed by atoms with E-state index in [2.05, 4.69) is 15.2 Å². The predicted octanol–water partition coefficient (Wildman–Crippen LogP) is 1.73. The van der Waals surface area contributed by atoms with Gasteiger partial charge in [-0.15, -0.1) is 11.3 Å². The van der Waals surface area contributed by atoms with Gasteiger partial charge in [-0.25, -0.2) is 0 Å². The van der Waals surface area contributed by atoms with Crippen LogP contribution in [0.15, 0.2) is 24.5 Å². The quantitative estimate of drug-likeness (QED) is 0.906. The lowest BCUT2D eigenvalue weighted by atomic mass is 10.00. The summed E-state index contributed by atoms with van der Waals surface area (Å²) in [5.74, 6) is 0.722. The average molecular weight is 273 g/mol. The van der Waals surface area contributed by atoms with E-state index in [0.29, 0.717) is 12.0 Å². The lowest BCUT2D eigenvalue weighted by molar-refractivity contribution is 0.0928. The highest BCUT2D eigenvalue weighted by Gasteiger charge is 2.38. The first-order chi connectivity index (χ1) is 9.29. The summed E-state index contributed by atoms with van der Waals surface area (Å²) in [6.07, 6.45) is 4.81. The van der Waals surface area contributed by atoms with Crippen LogP contribution in [0.25, 0.3) is 10.1 Å². The molecule has 2 aromatic rings. The Labute approximate surface area is 115 Å². The van der Waals surface area contributed by atoms with Crippen molar-refractivity contribution in [3.8, 4) is 0 Å². The van der Waals surface area contributed by atoms with Gasteiger partial charge in [-0.05, 0) is 36.4 Å². The van der Waals surface area contributed by atoms with Gasteiger partial charge in [0, 0.05) is 31.5 Å². The highest BCUT2D eigenvalue weighted by Crippen LogP contribution is 2.29. The summed E-state index contributed by atoms with van der Waals surface area (Å²) in [6.45, 7) is 3.37. The molecule has 2 bridgehead atoms. The van der Waals surface area contributed by atoms with E-state index >= 15 is 0 Å². The topological polar surface area (TPSA) is 45.2 Å². The maximum absolute atomic E-state index is 12.3. The van der Waals surface area contributed by atoms with E-state index in [1.54, 1.807) is 6.20 Å². The van der Waals surface area contributed by atoms with Crippen molar-refractivity contribution in [3.63, 3.8) is 0 Å². The van der Waals surface area contributed by atoms with Crippen LogP contribution in [0.4, 0.5) is 0 Å². The molecular formula is C14H15N3OS. The molecule has 19 heavy (non-hydrogen) atoms. The largest absolute Gasteiger partial charge is 0.347 e. The normalized spacial score (nSPS) is 28.9. The van der Waals surface area contributed by atoms with Gasteiger partial charge < -0.3 is 10.2 Å². The number of rotatable bonds is 2. The molecule has 4 heterocycles. The third-order valence-corrected chi connectivity index (χ3v) is 5.28. The first-order valence-corrected chi connectivity index (χ1v) is 7.48. The van der Waals surface area contributed by atoms with Crippen molar-refractivity contribution in [2.75, 3.05) is 19.6 Å². The molecule has 1 amide bonds. The molecule has 2 aliphatic rings. The maximum atomic E-state index is 12.3. The number of pyridine rings is 1. The number of fused-ring (bicyclic) bond motifs is 3. The second kappa shape index (κ2) is 4.28. The summed E-state index contributed by atoms with van der Waals surface area (Å²) in [4.78, 5) is 19.6. The Morgan fingerprint density at radius 1 is 1.47 bits per heavy atom. The summed E-state index contributed by atoms with van der Waals surface area (Å²) in [7, 11) is 0. The van der Waals surface area contributed by atoms with E-state index in [1.807, 2.05) is 18.3 Å². The summed E-state index contributed by atoms with van der Waals surface area (Å²) in [5.41, 5.74) is 0. The van der Waals surface area contributed by atoms with E-state index in [1.165, 1.54) is 24.3 Å². The molecule has 0 radical (unpaired) electrons. The monoisotopic (exact) mass is 273 g/mol. The number of piperidine rings is 1. The maximum Gasteiger partial charge on any atom is 0.261 e. The van der Waals surface area contributed by atoms with Crippen molar-refractivity contribution in [2.45, 2.75) is 12.5 Å². The number of thiophene rings is 1. The zero-order valence-electron chi connectivity index (χ0n) is 10.5. The molecule has 0 aliphatic carbocycles. The molecule has 2 aromatic heterocycles. The molecule has 4 rings (SSSR count). The fraction of sp³-hybridized carbons (Fsp3) is 0.429. The SMILES string of the molecule is O=C(NC1CN2CCC1C2)c1cc2ccncc2s1. The minimum absolute atomic E-state index is 0.0694. The van der Waals surface area contributed by atoms with Crippen LogP contribution in [0.3, 0.4) is 0 Å². The van der Waals surface area contributed by atoms with Crippen molar-refractivity contribution in [3.05, 3.63) is 29.4 Å². The molecule has 98 valence electrons. The van der Waals surface area contributed by atoms with Gasteiger partial charge >= 0.3 is 0 Å². The average Bonchev–Trinajstić information content (AvgIpc) is 3.12. The summed E-state index contributed by atoms with van der Waals surface area (Å²) < 4.78 is 1.07. The van der Waals surface area contributed by atoms with Gasteiger partial charge in [0.2, 0.25) is 0 Å². The standard InChI is InChI=1S/C14H15N3OS/c18-14(16-11-8-17-4-2-10(11)7-17)12-5-9-1-3-15-6-13(9)19-12/h1,3,5-6,10-11H,2,4,7-8H2,(H,16,18). The van der Waals surface area contributed by atoms with Gasteiger partial charge in [0.25, 0.3) is 5.91 Å². The fourth-order valence-electron chi connectivity index (χ4n) is 3.18. The Hall–Kier alpha value is -1.46. The molecule has 2 saturated heterocycles. The predicted molar refractivity (Wildman–Crippen MR) is 75.4 cm³/mol. The zero-order valence-corrected chi connectivity index (χ0v) is 11.3. The van der Waals surface area contributed by atoms with Crippen molar-refractivity contribution in [1.82, 2.24) is 15.2 Å². The Kier molecular flexibility index (Phi) is 2.56. The van der Waals surface area contributed by atoms with Crippen LogP contribution in [0.2, 0.25) is 0 Å². The molecular weight excluding hydrogens is 258 g/mol. The molecule has 0 spiro atoms. The van der Waals surface area contributed by atoms with E-state index in [-0.39, 0.29) is 5.91 Å². The third-order valence-electron chi connectivity index (χ3n) is 4.20. The Balaban J connectivity index is 1.53. The number of aromatic nitrogens is 1. The van der Waals surface area contributed by atoms with E-state index in [0.717, 1.165) is 28.1 Å². The highest BCUT2D eigenvalue weighted by atomic mass is 32.1. The van der Waals surface area contributed by atoms with Crippen molar-refractivity contribution >= 4 is 27.3 Å². The summed E-state index contributed by atoms with van der Waals surface area (Å²) in [6, 6.07) is 4.25. The van der Waals surface area contributed by atoms with Gasteiger partial charge in [0.05, 0.1) is 9.58 Å². The Morgan fingerprint density at radius 2 is 2.42 bits per heavy atom. The van der Waals surface area contributed by atoms with Gasteiger partial charge in [0.15, 0.2) is 0 Å². The van der Waals surface area contributed by atoms with Crippen LogP contribution < -0.4 is 5.32 Å². The van der Waals surface area contributed by atoms with Crippen molar-refractivity contribution in [2.24, 2.45) is 5.92 Å². The van der Waals surface area contributed by atoms with Gasteiger partial charge in [-0.1, -0.05) is 0 Å². The number of amides is 1. The van der Waals surface area contributed by atoms with Crippen LogP contribution >= 0.6 is 11.3 Å². The number of nitrogens with zero attached hydrogens (tertiary/aromatic N) is 2. The molecule has 3 atom stereocenters. The summed E-state index contributed by atoms with van der Waals surface area (Å²) >= 11 is 1.52. The summed E-state index contributed by atoms with van der Waals surface area (Å²) in [5, 5.41) is 4.30. The molecule has 2 aliphatic heterocycles. The van der Waals surface area contributed by atoms with Crippen LogP contribution in [-0.4, -0.2) is 41.5 Å². The van der Waals surface area contributed by atoms with Crippen LogP contribution in [0, 0.1) is 5.92 Å². The number of hydrogen-bond acceptors (Lipinski definition) is 4. The molecule has 4 nitrogen and oxygen atoms in total. The molecule has 2 fully saturated rings. The second-order valence-electron chi connectivity index (χ2n) is 5.41. The van der Waals surface area contributed by atoms with E-state index in [4.69, 9.17) is 0 Å². The molecule has 1 N–H and O–H groups in total. The lowest BCUT2D eigenvalue weighted by Crippen LogP contribution is -2.42. The van der Waals surface area contributed by atoms with Crippen LogP contribution in [0.5, 0.6) is 0 Å². The fourth-order valence-corrected chi connectivity index (χ4v) is 4.12. The molecule has 0 aromatic carbocycles. The van der Waals surface area contributed by atoms with E-state index in [9.17, 15) is 4.79 Å². The number of nitrogens with one attached hydrogen (secondary N) is 1. The van der Waals surface area contributed by atoms with Crippen molar-refractivity contribution in [1.29, 1.82) is 0 Å². The smallest absolute Gasteiger partial charge is 0.261 e. The molecule has 5 heteroatoms. The Morgan fingerprint density at radius 3 is 3.16 bits per heavy atom. The Bertz CT molecular complexity index is 605.